The predicted octanol–water partition coefficient (Wildman–Crippen LogP) is 5.62. The molecule has 0 amide bonds. The van der Waals surface area contributed by atoms with E-state index in [2.05, 4.69) is 19.6 Å². The Hall–Kier alpha value is -2.99. The van der Waals surface area contributed by atoms with E-state index in [-0.39, 0.29) is 22.6 Å². The van der Waals surface area contributed by atoms with Gasteiger partial charge in [-0.3, -0.25) is 9.36 Å². The first-order valence-electron chi connectivity index (χ1n) is 13.9. The predicted molar refractivity (Wildman–Crippen MR) is 151 cm³/mol. The van der Waals surface area contributed by atoms with E-state index < -0.39 is 39.2 Å². The number of halogens is 3. The maximum atomic E-state index is 14.9. The summed E-state index contributed by atoms with van der Waals surface area (Å²) in [6.45, 7) is 1.66. The van der Waals surface area contributed by atoms with Gasteiger partial charge in [0.1, 0.15) is 23.6 Å². The first-order chi connectivity index (χ1) is 19.5. The molecule has 1 spiro atoms. The Labute approximate surface area is 236 Å². The average molecular weight is 590 g/mol. The largest absolute Gasteiger partial charge is 0.373 e. The van der Waals surface area contributed by atoms with Crippen LogP contribution in [0.5, 0.6) is 0 Å². The summed E-state index contributed by atoms with van der Waals surface area (Å²) in [4.78, 5) is 22.3. The van der Waals surface area contributed by atoms with E-state index >= 15 is 0 Å². The smallest absolute Gasteiger partial charge is 0.266 e. The molecule has 0 bridgehead atoms. The van der Waals surface area contributed by atoms with Gasteiger partial charge in [0.25, 0.3) is 12.0 Å². The Kier molecular flexibility index (Phi) is 6.92. The molecule has 1 N–H and O–H groups in total. The summed E-state index contributed by atoms with van der Waals surface area (Å²) in [5, 5.41) is 3.68. The number of ether oxygens (including phenoxy) is 1. The molecule has 0 unspecified atom stereocenters. The number of nitrogens with zero attached hydrogens (tertiary/aromatic N) is 4. The molecule has 3 heterocycles. The van der Waals surface area contributed by atoms with E-state index in [4.69, 9.17) is 4.74 Å². The van der Waals surface area contributed by atoms with E-state index in [1.165, 1.54) is 23.0 Å². The number of rotatable bonds is 7. The van der Waals surface area contributed by atoms with Gasteiger partial charge in [-0.05, 0) is 56.9 Å². The normalized spacial score (nSPS) is 28.6. The fourth-order valence-electron chi connectivity index (χ4n) is 6.56. The minimum absolute atomic E-state index is 0.0261. The van der Waals surface area contributed by atoms with Crippen LogP contribution in [0, 0.1) is 11.2 Å². The third-order valence-electron chi connectivity index (χ3n) is 9.07. The Morgan fingerprint density at radius 2 is 1.83 bits per heavy atom. The third-order valence-corrected chi connectivity index (χ3v) is 11.9. The van der Waals surface area contributed by atoms with Crippen LogP contribution in [0.3, 0.4) is 0 Å². The Balaban J connectivity index is 1.32. The summed E-state index contributed by atoms with van der Waals surface area (Å²) in [6, 6.07) is 5.24. The quantitative estimate of drug-likeness (QED) is 0.384. The van der Waals surface area contributed by atoms with Crippen LogP contribution >= 0.6 is 0 Å². The van der Waals surface area contributed by atoms with Gasteiger partial charge in [0.15, 0.2) is 0 Å². The van der Waals surface area contributed by atoms with Crippen molar-refractivity contribution in [3.63, 3.8) is 0 Å². The standard InChI is InChI=1S/C29H34F3N5O3S/c1-17(19-5-4-6-20(23(19)30)24(31)32)35-25-21-13-22(27(38)37(2)26(21)34-16-33-25)29(40-3)11-9-28(10-12-29)14-41(39,15-28)36-18-7-8-18/h4-6,13,16-18,24H,7-12,14-15H2,1-3H3,(H,33,34,35)/t17-,28?,29?,41?/m1/s1. The lowest BCUT2D eigenvalue weighted by molar-refractivity contribution is -0.0685. The first-order valence-corrected chi connectivity index (χ1v) is 15.8. The van der Waals surface area contributed by atoms with Crippen LogP contribution in [0.25, 0.3) is 11.0 Å². The highest BCUT2D eigenvalue weighted by molar-refractivity contribution is 7.95. The number of alkyl halides is 2. The van der Waals surface area contributed by atoms with Crippen molar-refractivity contribution in [3.05, 3.63) is 63.5 Å². The fraction of sp³-hybridized carbons (Fsp3) is 0.552. The summed E-state index contributed by atoms with van der Waals surface area (Å²) in [5.74, 6) is 0.623. The zero-order chi connectivity index (χ0) is 29.2. The first kappa shape index (κ1) is 28.1. The average Bonchev–Trinajstić information content (AvgIpc) is 3.74. The number of methoxy groups -OCH3 is 1. The number of hydrogen-bond donors (Lipinski definition) is 1. The molecule has 3 fully saturated rings. The molecule has 3 aromatic rings. The zero-order valence-electron chi connectivity index (χ0n) is 23.3. The Morgan fingerprint density at radius 1 is 1.15 bits per heavy atom. The van der Waals surface area contributed by atoms with Gasteiger partial charge in [-0.1, -0.05) is 18.2 Å². The second kappa shape index (κ2) is 10.1. The summed E-state index contributed by atoms with van der Waals surface area (Å²) < 4.78 is 66.7. The number of benzene rings is 1. The molecule has 2 saturated carbocycles. The van der Waals surface area contributed by atoms with Crippen LogP contribution < -0.4 is 10.9 Å². The van der Waals surface area contributed by atoms with Gasteiger partial charge in [0.05, 0.1) is 34.2 Å². The van der Waals surface area contributed by atoms with Crippen molar-refractivity contribution < 1.29 is 22.1 Å². The zero-order valence-corrected chi connectivity index (χ0v) is 24.1. The summed E-state index contributed by atoms with van der Waals surface area (Å²) in [7, 11) is 1.13. The maximum absolute atomic E-state index is 14.9. The molecule has 2 aliphatic carbocycles. The Morgan fingerprint density at radius 3 is 2.46 bits per heavy atom. The van der Waals surface area contributed by atoms with E-state index in [0.29, 0.717) is 46.8 Å². The monoisotopic (exact) mass is 589 g/mol. The Bertz CT molecular complexity index is 1670. The molecule has 6 rings (SSSR count). The van der Waals surface area contributed by atoms with Crippen molar-refractivity contribution in [1.82, 2.24) is 14.5 Å². The minimum Gasteiger partial charge on any atom is -0.373 e. The van der Waals surface area contributed by atoms with Crippen LogP contribution in [-0.2, 0) is 27.1 Å². The summed E-state index contributed by atoms with van der Waals surface area (Å²) >= 11 is 0. The number of hydrogen-bond acceptors (Lipinski definition) is 7. The lowest BCUT2D eigenvalue weighted by atomic mass is 9.68. The number of pyridine rings is 1. The van der Waals surface area contributed by atoms with Crippen LogP contribution in [0.4, 0.5) is 19.0 Å². The highest BCUT2D eigenvalue weighted by Crippen LogP contribution is 2.53. The van der Waals surface area contributed by atoms with Crippen molar-refractivity contribution in [3.8, 4) is 0 Å². The van der Waals surface area contributed by atoms with Gasteiger partial charge in [-0.2, -0.15) is 0 Å². The molecular weight excluding hydrogens is 555 g/mol. The molecule has 3 aliphatic rings. The molecule has 41 heavy (non-hydrogen) atoms. The highest BCUT2D eigenvalue weighted by atomic mass is 32.2. The topological polar surface area (TPSA) is 98.5 Å². The fourth-order valence-corrected chi connectivity index (χ4v) is 9.87. The number of aryl methyl sites for hydroxylation is 1. The minimum atomic E-state index is -2.93. The molecule has 220 valence electrons. The molecule has 1 atom stereocenters. The lowest BCUT2D eigenvalue weighted by Crippen LogP contribution is -2.53. The van der Waals surface area contributed by atoms with Crippen LogP contribution in [-0.4, -0.2) is 43.4 Å². The molecule has 1 aliphatic heterocycles. The van der Waals surface area contributed by atoms with Crippen LogP contribution in [0.1, 0.15) is 74.6 Å². The van der Waals surface area contributed by atoms with Crippen LogP contribution in [0.2, 0.25) is 0 Å². The second-order valence-electron chi connectivity index (χ2n) is 11.9. The van der Waals surface area contributed by atoms with Crippen molar-refractivity contribution in [2.75, 3.05) is 23.9 Å². The molecule has 12 heteroatoms. The number of fused-ring (bicyclic) bond motifs is 1. The molecule has 1 aromatic carbocycles. The molecule has 1 saturated heterocycles. The van der Waals surface area contributed by atoms with Crippen molar-refractivity contribution >= 4 is 26.6 Å². The third kappa shape index (κ3) is 4.92. The number of aromatic nitrogens is 3. The molecular formula is C29H34F3N5O3S. The van der Waals surface area contributed by atoms with Crippen molar-refractivity contribution in [1.29, 1.82) is 0 Å². The lowest BCUT2D eigenvalue weighted by Gasteiger charge is -2.51. The summed E-state index contributed by atoms with van der Waals surface area (Å²) in [6.07, 6.45) is 3.22. The van der Waals surface area contributed by atoms with E-state index in [0.717, 1.165) is 31.7 Å². The number of anilines is 1. The van der Waals surface area contributed by atoms with Crippen molar-refractivity contribution in [2.45, 2.75) is 69.6 Å². The summed E-state index contributed by atoms with van der Waals surface area (Å²) in [5.41, 5.74) is -0.820. The molecule has 0 radical (unpaired) electrons. The van der Waals surface area contributed by atoms with Gasteiger partial charge in [0, 0.05) is 41.0 Å². The van der Waals surface area contributed by atoms with Gasteiger partial charge < -0.3 is 10.1 Å². The van der Waals surface area contributed by atoms with Gasteiger partial charge in [0.2, 0.25) is 0 Å². The second-order valence-corrected chi connectivity index (χ2v) is 14.2. The van der Waals surface area contributed by atoms with Crippen molar-refractivity contribution in [2.24, 2.45) is 16.8 Å². The van der Waals surface area contributed by atoms with E-state index in [1.54, 1.807) is 27.1 Å². The van der Waals surface area contributed by atoms with Gasteiger partial charge in [-0.15, -0.1) is 0 Å². The maximum Gasteiger partial charge on any atom is 0.266 e. The van der Waals surface area contributed by atoms with Gasteiger partial charge >= 0.3 is 0 Å². The van der Waals surface area contributed by atoms with E-state index in [9.17, 15) is 22.2 Å². The number of nitrogens with one attached hydrogen (secondary N) is 1. The molecule has 8 nitrogen and oxygen atoms in total. The highest BCUT2D eigenvalue weighted by Gasteiger charge is 2.53. The molecule has 2 aromatic heterocycles. The van der Waals surface area contributed by atoms with Gasteiger partial charge in [-0.25, -0.2) is 31.7 Å². The van der Waals surface area contributed by atoms with E-state index in [1.807, 2.05) is 0 Å². The van der Waals surface area contributed by atoms with Crippen LogP contribution in [0.15, 0.2) is 39.8 Å². The SMILES string of the molecule is COC1(c2cc3c(N[C@H](C)c4cccc(C(F)F)c4F)ncnc3n(C)c2=O)CCC2(CC1)CS(=O)(=NC1CC1)C2.